The Morgan fingerprint density at radius 2 is 1.50 bits per heavy atom. The van der Waals surface area contributed by atoms with Crippen molar-refractivity contribution in [3.8, 4) is 11.4 Å². The van der Waals surface area contributed by atoms with Crippen molar-refractivity contribution < 1.29 is 0 Å². The Bertz CT molecular complexity index is 910. The van der Waals surface area contributed by atoms with Crippen molar-refractivity contribution >= 4 is 28.0 Å². The largest absolute Gasteiger partial charge is 0.291 e. The van der Waals surface area contributed by atoms with Gasteiger partial charge in [0.15, 0.2) is 5.15 Å². The van der Waals surface area contributed by atoms with E-state index in [-0.39, 0.29) is 0 Å². The van der Waals surface area contributed by atoms with Crippen LogP contribution in [0.25, 0.3) is 27.8 Å². The Balaban J connectivity index is 2.19. The molecule has 0 spiro atoms. The standard InChI is InChI=1S/C17H11ClN2/c18-16-15-11-10-12-6-4-5-9-14(12)20(15)17(19-16)13-7-2-1-3-8-13/h1-11H. The summed E-state index contributed by atoms with van der Waals surface area (Å²) in [5.74, 6) is 0.877. The number of pyridine rings is 1. The SMILES string of the molecule is Clc1nc(-c2ccccc2)n2c1ccc1ccccc12. The van der Waals surface area contributed by atoms with E-state index < -0.39 is 0 Å². The first-order valence-corrected chi connectivity index (χ1v) is 6.83. The van der Waals surface area contributed by atoms with E-state index in [0.29, 0.717) is 5.15 Å². The molecule has 96 valence electrons. The van der Waals surface area contributed by atoms with Crippen molar-refractivity contribution in [2.75, 3.05) is 0 Å². The molecule has 0 N–H and O–H groups in total. The third kappa shape index (κ3) is 1.62. The van der Waals surface area contributed by atoms with E-state index in [0.717, 1.165) is 22.4 Å². The molecule has 0 bridgehead atoms. The van der Waals surface area contributed by atoms with Crippen LogP contribution in [0.3, 0.4) is 0 Å². The summed E-state index contributed by atoms with van der Waals surface area (Å²) < 4.78 is 2.12. The first kappa shape index (κ1) is 11.5. The Hall–Kier alpha value is -2.32. The second-order valence-corrected chi connectivity index (χ2v) is 5.06. The van der Waals surface area contributed by atoms with E-state index in [2.05, 4.69) is 27.6 Å². The fourth-order valence-corrected chi connectivity index (χ4v) is 2.80. The lowest BCUT2D eigenvalue weighted by Gasteiger charge is -2.06. The number of benzene rings is 2. The molecule has 0 saturated heterocycles. The van der Waals surface area contributed by atoms with Gasteiger partial charge >= 0.3 is 0 Å². The highest BCUT2D eigenvalue weighted by molar-refractivity contribution is 6.33. The van der Waals surface area contributed by atoms with Crippen LogP contribution in [-0.2, 0) is 0 Å². The summed E-state index contributed by atoms with van der Waals surface area (Å²) in [6.07, 6.45) is 0. The minimum atomic E-state index is 0.537. The summed E-state index contributed by atoms with van der Waals surface area (Å²) in [6.45, 7) is 0. The van der Waals surface area contributed by atoms with Crippen molar-refractivity contribution in [2.24, 2.45) is 0 Å². The lowest BCUT2D eigenvalue weighted by atomic mass is 10.2. The van der Waals surface area contributed by atoms with Crippen molar-refractivity contribution in [3.05, 3.63) is 71.9 Å². The molecule has 0 unspecified atom stereocenters. The summed E-state index contributed by atoms with van der Waals surface area (Å²) in [7, 11) is 0. The molecule has 3 heteroatoms. The number of aromatic nitrogens is 2. The highest BCUT2D eigenvalue weighted by Gasteiger charge is 2.13. The Kier molecular flexibility index (Phi) is 2.51. The van der Waals surface area contributed by atoms with Crippen LogP contribution in [0.1, 0.15) is 0 Å². The molecule has 0 radical (unpaired) electrons. The second kappa shape index (κ2) is 4.36. The van der Waals surface area contributed by atoms with Gasteiger partial charge in [0.2, 0.25) is 0 Å². The van der Waals surface area contributed by atoms with Crippen LogP contribution in [0.4, 0.5) is 0 Å². The molecule has 0 saturated carbocycles. The van der Waals surface area contributed by atoms with Crippen LogP contribution < -0.4 is 0 Å². The molecule has 0 fully saturated rings. The number of hydrogen-bond acceptors (Lipinski definition) is 1. The molecule has 4 rings (SSSR count). The number of para-hydroxylation sites is 1. The average Bonchev–Trinajstić information content (AvgIpc) is 2.86. The normalized spacial score (nSPS) is 11.2. The molecule has 0 aliphatic heterocycles. The molecule has 20 heavy (non-hydrogen) atoms. The molecule has 2 aromatic heterocycles. The zero-order valence-electron chi connectivity index (χ0n) is 10.6. The number of fused-ring (bicyclic) bond motifs is 3. The second-order valence-electron chi connectivity index (χ2n) is 4.71. The van der Waals surface area contributed by atoms with Gasteiger partial charge in [0.25, 0.3) is 0 Å². The fourth-order valence-electron chi connectivity index (χ4n) is 2.58. The van der Waals surface area contributed by atoms with Gasteiger partial charge in [-0.25, -0.2) is 4.98 Å². The van der Waals surface area contributed by atoms with E-state index in [9.17, 15) is 0 Å². The van der Waals surface area contributed by atoms with Crippen molar-refractivity contribution in [1.82, 2.24) is 9.38 Å². The molecule has 2 heterocycles. The first-order valence-electron chi connectivity index (χ1n) is 6.46. The Labute approximate surface area is 121 Å². The number of imidazole rings is 1. The fraction of sp³-hybridized carbons (Fsp3) is 0. The predicted octanol–water partition coefficient (Wildman–Crippen LogP) is 4.81. The van der Waals surface area contributed by atoms with Gasteiger partial charge in [-0.2, -0.15) is 0 Å². The maximum absolute atomic E-state index is 6.30. The molecule has 4 aromatic rings. The summed E-state index contributed by atoms with van der Waals surface area (Å²) in [6, 6.07) is 22.5. The quantitative estimate of drug-likeness (QED) is 0.488. The van der Waals surface area contributed by atoms with E-state index >= 15 is 0 Å². The van der Waals surface area contributed by atoms with Crippen LogP contribution in [0.5, 0.6) is 0 Å². The van der Waals surface area contributed by atoms with Gasteiger partial charge in [0.05, 0.1) is 11.0 Å². The van der Waals surface area contributed by atoms with Gasteiger partial charge < -0.3 is 0 Å². The minimum absolute atomic E-state index is 0.537. The molecular formula is C17H11ClN2. The average molecular weight is 279 g/mol. The third-order valence-electron chi connectivity index (χ3n) is 3.50. The maximum Gasteiger partial charge on any atom is 0.155 e. The molecule has 2 nitrogen and oxygen atoms in total. The van der Waals surface area contributed by atoms with Gasteiger partial charge in [-0.15, -0.1) is 0 Å². The monoisotopic (exact) mass is 278 g/mol. The lowest BCUT2D eigenvalue weighted by Crippen LogP contribution is -1.91. The molecule has 0 aliphatic rings. The maximum atomic E-state index is 6.30. The van der Waals surface area contributed by atoms with Crippen LogP contribution in [0.15, 0.2) is 66.7 Å². The van der Waals surface area contributed by atoms with Gasteiger partial charge in [-0.1, -0.05) is 66.2 Å². The van der Waals surface area contributed by atoms with Crippen LogP contribution >= 0.6 is 11.6 Å². The van der Waals surface area contributed by atoms with Gasteiger partial charge in [-0.3, -0.25) is 4.40 Å². The van der Waals surface area contributed by atoms with Crippen LogP contribution in [-0.4, -0.2) is 9.38 Å². The van der Waals surface area contributed by atoms with Gasteiger partial charge in [0, 0.05) is 5.56 Å². The first-order chi connectivity index (χ1) is 9.84. The highest BCUT2D eigenvalue weighted by Crippen LogP contribution is 2.29. The minimum Gasteiger partial charge on any atom is -0.291 e. The van der Waals surface area contributed by atoms with E-state index in [1.807, 2.05) is 48.5 Å². The topological polar surface area (TPSA) is 17.3 Å². The molecule has 2 aromatic carbocycles. The van der Waals surface area contributed by atoms with E-state index in [1.165, 1.54) is 5.39 Å². The molecular weight excluding hydrogens is 268 g/mol. The van der Waals surface area contributed by atoms with Crippen molar-refractivity contribution in [3.63, 3.8) is 0 Å². The van der Waals surface area contributed by atoms with Gasteiger partial charge in [0.1, 0.15) is 5.82 Å². The van der Waals surface area contributed by atoms with E-state index in [1.54, 1.807) is 0 Å². The number of nitrogens with zero attached hydrogens (tertiary/aromatic N) is 2. The zero-order valence-corrected chi connectivity index (χ0v) is 11.4. The molecule has 0 aliphatic carbocycles. The predicted molar refractivity (Wildman–Crippen MR) is 83.1 cm³/mol. The van der Waals surface area contributed by atoms with Crippen molar-refractivity contribution in [1.29, 1.82) is 0 Å². The van der Waals surface area contributed by atoms with Crippen LogP contribution in [0.2, 0.25) is 5.15 Å². The number of hydrogen-bond donors (Lipinski definition) is 0. The highest BCUT2D eigenvalue weighted by atomic mass is 35.5. The number of halogens is 1. The summed E-state index contributed by atoms with van der Waals surface area (Å²) in [5, 5.41) is 1.71. The van der Waals surface area contributed by atoms with Crippen LogP contribution in [0, 0.1) is 0 Å². The molecule has 0 amide bonds. The summed E-state index contributed by atoms with van der Waals surface area (Å²) in [4.78, 5) is 4.54. The summed E-state index contributed by atoms with van der Waals surface area (Å²) in [5.41, 5.74) is 3.11. The van der Waals surface area contributed by atoms with Gasteiger partial charge in [-0.05, 0) is 17.5 Å². The zero-order chi connectivity index (χ0) is 13.5. The number of rotatable bonds is 1. The Morgan fingerprint density at radius 1 is 0.750 bits per heavy atom. The van der Waals surface area contributed by atoms with Crippen molar-refractivity contribution in [2.45, 2.75) is 0 Å². The summed E-state index contributed by atoms with van der Waals surface area (Å²) >= 11 is 6.30. The van der Waals surface area contributed by atoms with E-state index in [4.69, 9.17) is 11.6 Å². The molecule has 0 atom stereocenters. The smallest absolute Gasteiger partial charge is 0.155 e. The third-order valence-corrected chi connectivity index (χ3v) is 3.78. The Morgan fingerprint density at radius 3 is 2.35 bits per heavy atom. The lowest BCUT2D eigenvalue weighted by molar-refractivity contribution is 1.22.